The van der Waals surface area contributed by atoms with Crippen LogP contribution in [-0.2, 0) is 37.8 Å². The minimum atomic E-state index is -2.82. The van der Waals surface area contributed by atoms with Crippen LogP contribution in [0.3, 0.4) is 0 Å². The fourth-order valence-electron chi connectivity index (χ4n) is 11.0. The van der Waals surface area contributed by atoms with Crippen LogP contribution in [0.25, 0.3) is 11.1 Å². The maximum absolute atomic E-state index is 14.1. The Kier molecular flexibility index (Phi) is 10.3. The second-order valence-electron chi connectivity index (χ2n) is 19.3. The smallest absolute Gasteiger partial charge is 0.328 e. The van der Waals surface area contributed by atoms with Gasteiger partial charge in [0.05, 0.1) is 18.5 Å². The summed E-state index contributed by atoms with van der Waals surface area (Å²) in [6, 6.07) is 17.5. The van der Waals surface area contributed by atoms with Crippen molar-refractivity contribution in [1.29, 1.82) is 0 Å². The van der Waals surface area contributed by atoms with E-state index in [1.54, 1.807) is 34.2 Å². The Morgan fingerprint density at radius 3 is 2.38 bits per heavy atom. The molecule has 4 aliphatic heterocycles. The van der Waals surface area contributed by atoms with E-state index in [1.165, 1.54) is 23.7 Å². The molecule has 4 amide bonds. The average molecular weight is 897 g/mol. The van der Waals surface area contributed by atoms with Crippen LogP contribution in [0.1, 0.15) is 78.4 Å². The van der Waals surface area contributed by atoms with Crippen molar-refractivity contribution in [3.05, 3.63) is 106 Å². The van der Waals surface area contributed by atoms with Crippen molar-refractivity contribution in [3.63, 3.8) is 0 Å². The number of pyridine rings is 3. The molecule has 3 atom stereocenters. The lowest BCUT2D eigenvalue weighted by Gasteiger charge is -2.48. The zero-order valence-electron chi connectivity index (χ0n) is 41.0. The van der Waals surface area contributed by atoms with Crippen LogP contribution >= 0.6 is 0 Å². The fraction of sp³-hybridized carbons (Fsp3) is 0.440. The monoisotopic (exact) mass is 896 g/mol. The van der Waals surface area contributed by atoms with Crippen LogP contribution in [0, 0.1) is 5.41 Å². The van der Waals surface area contributed by atoms with E-state index in [-0.39, 0.29) is 47.2 Å². The Hall–Kier alpha value is -6.52. The first kappa shape index (κ1) is 39.8. The van der Waals surface area contributed by atoms with Crippen LogP contribution in [-0.4, -0.2) is 104 Å². The van der Waals surface area contributed by atoms with E-state index in [4.69, 9.17) is 4.11 Å². The van der Waals surface area contributed by atoms with Crippen molar-refractivity contribution in [2.24, 2.45) is 12.4 Å². The summed E-state index contributed by atoms with van der Waals surface area (Å²) in [7, 11) is 0. The fourth-order valence-corrected chi connectivity index (χ4v) is 11.0. The molecule has 16 heteroatoms. The summed E-state index contributed by atoms with van der Waals surface area (Å²) in [5.74, 6) is 0.181. The largest absolute Gasteiger partial charge is 0.392 e. The van der Waals surface area contributed by atoms with Crippen LogP contribution in [0.4, 0.5) is 39.2 Å². The topological polar surface area (TPSA) is 164 Å². The number of amides is 4. The standard InChI is InChI=1S/C50H59N11O5/c1-31-22-37(13-16-57(31)35-6-8-36(9-7-35)59-17-14-45(63)54-49(59)66)56-18-19-58(32(2)28-56)38-10-11-44(52-27-38)53-41-23-34(29-55(5)47(41)64)39-12-15-51-46(40(39)30-62)61-21-20-60-42(48(61)65)24-33-25-50(3,4)26-43(33)60/h6-12,15,23-24,27,29,31-32,37,62H,13-14,16-22,25-26,28,30H2,1-5H3,(H,52,53)(H,54,63,66)/t31-,32-,37-/m0/s1/i5D3. The molecular weight excluding hydrogens is 835 g/mol. The number of aromatic nitrogens is 4. The number of carbonyl (C=O) groups excluding carboxylic acids is 3. The molecule has 4 aromatic heterocycles. The lowest BCUT2D eigenvalue weighted by molar-refractivity contribution is -0.120. The molecule has 10 rings (SSSR count). The highest BCUT2D eigenvalue weighted by Crippen LogP contribution is 2.40. The highest BCUT2D eigenvalue weighted by atomic mass is 16.3. The first-order valence-corrected chi connectivity index (χ1v) is 23.1. The van der Waals surface area contributed by atoms with Crippen LogP contribution in [0.5, 0.6) is 0 Å². The van der Waals surface area contributed by atoms with Gasteiger partial charge in [0, 0.05) is 122 Å². The molecular formula is C50H59N11O5. The number of hydrogen-bond donors (Lipinski definition) is 3. The number of piperidine rings is 1. The second kappa shape index (κ2) is 17.0. The Labute approximate surface area is 389 Å². The Morgan fingerprint density at radius 1 is 0.864 bits per heavy atom. The van der Waals surface area contributed by atoms with Gasteiger partial charge >= 0.3 is 6.03 Å². The number of nitrogens with one attached hydrogen (secondary N) is 2. The van der Waals surface area contributed by atoms with E-state index in [1.807, 2.05) is 24.3 Å². The number of carbonyl (C=O) groups is 3. The molecule has 0 bridgehead atoms. The average Bonchev–Trinajstić information content (AvgIpc) is 3.81. The summed E-state index contributed by atoms with van der Waals surface area (Å²) in [4.78, 5) is 71.6. The summed E-state index contributed by atoms with van der Waals surface area (Å²) in [5.41, 5.74) is 6.29. The molecule has 1 aromatic carbocycles. The lowest BCUT2D eigenvalue weighted by Crippen LogP contribution is -2.58. The first-order valence-electron chi connectivity index (χ1n) is 24.6. The minimum Gasteiger partial charge on any atom is -0.392 e. The van der Waals surface area contributed by atoms with Crippen molar-refractivity contribution in [2.75, 3.05) is 64.2 Å². The minimum absolute atomic E-state index is 0.0139. The number of nitrogens with zero attached hydrogens (tertiary/aromatic N) is 9. The molecule has 0 spiro atoms. The number of aryl methyl sites for hydroxylation is 1. The summed E-state index contributed by atoms with van der Waals surface area (Å²) < 4.78 is 27.6. The molecule has 8 heterocycles. The van der Waals surface area contributed by atoms with E-state index < -0.39 is 19.1 Å². The second-order valence-corrected chi connectivity index (χ2v) is 19.3. The number of hydrogen-bond acceptors (Lipinski definition) is 11. The number of urea groups is 1. The van der Waals surface area contributed by atoms with Gasteiger partial charge in [-0.25, -0.2) is 14.8 Å². The number of aliphatic hydroxyl groups is 1. The molecule has 3 saturated heterocycles. The number of piperazine rings is 1. The van der Waals surface area contributed by atoms with Gasteiger partial charge in [-0.3, -0.25) is 34.4 Å². The van der Waals surface area contributed by atoms with Crippen molar-refractivity contribution in [3.8, 4) is 11.1 Å². The predicted octanol–water partition coefficient (Wildman–Crippen LogP) is 5.68. The number of aliphatic hydroxyl groups excluding tert-OH is 1. The third-order valence-electron chi connectivity index (χ3n) is 14.3. The van der Waals surface area contributed by atoms with E-state index in [0.29, 0.717) is 64.5 Å². The predicted molar refractivity (Wildman–Crippen MR) is 256 cm³/mol. The maximum Gasteiger partial charge on any atom is 0.328 e. The van der Waals surface area contributed by atoms with Gasteiger partial charge < -0.3 is 29.4 Å². The lowest BCUT2D eigenvalue weighted by atomic mass is 9.90. The zero-order chi connectivity index (χ0) is 48.5. The van der Waals surface area contributed by atoms with Gasteiger partial charge in [-0.15, -0.1) is 0 Å². The van der Waals surface area contributed by atoms with Crippen LogP contribution in [0.15, 0.2) is 78.0 Å². The summed E-state index contributed by atoms with van der Waals surface area (Å²) in [6.07, 6.45) is 8.70. The normalized spacial score (nSPS) is 23.0. The van der Waals surface area contributed by atoms with Gasteiger partial charge in [-0.05, 0) is 111 Å². The van der Waals surface area contributed by atoms with E-state index >= 15 is 0 Å². The zero-order valence-corrected chi connectivity index (χ0v) is 38.0. The van der Waals surface area contributed by atoms with Crippen molar-refractivity contribution < 1.29 is 23.6 Å². The molecule has 0 saturated carbocycles. The third-order valence-corrected chi connectivity index (χ3v) is 14.3. The highest BCUT2D eigenvalue weighted by Gasteiger charge is 2.38. The number of imide groups is 1. The molecule has 5 aromatic rings. The van der Waals surface area contributed by atoms with Crippen molar-refractivity contribution >= 4 is 52.2 Å². The molecule has 0 radical (unpaired) electrons. The Balaban J connectivity index is 0.808. The van der Waals surface area contributed by atoms with Gasteiger partial charge in [0.15, 0.2) is 0 Å². The molecule has 0 unspecified atom stereocenters. The van der Waals surface area contributed by atoms with Crippen LogP contribution < -0.4 is 35.8 Å². The number of benzene rings is 1. The summed E-state index contributed by atoms with van der Waals surface area (Å²) in [5, 5.41) is 16.3. The first-order chi connectivity index (χ1) is 33.0. The molecule has 3 N–H and O–H groups in total. The van der Waals surface area contributed by atoms with Crippen molar-refractivity contribution in [1.82, 2.24) is 29.3 Å². The maximum atomic E-state index is 14.1. The summed E-state index contributed by atoms with van der Waals surface area (Å²) >= 11 is 0. The van der Waals surface area contributed by atoms with Gasteiger partial charge in [-0.2, -0.15) is 0 Å². The van der Waals surface area contributed by atoms with Gasteiger partial charge in [0.1, 0.15) is 23.0 Å². The SMILES string of the molecule is [2H]C([2H])([2H])n1cc(-c2ccnc(N3CCn4c(cc5c4CC(C)(C)C5)C3=O)c2CO)cc(Nc2ccc(N3CCN([C@H]4CCN(c5ccc(N6CCC(=O)NC6=O)cc5)[C@@H](C)C4)C[C@@H]3C)cn2)c1=O. The number of fused-ring (bicyclic) bond motifs is 3. The molecule has 66 heavy (non-hydrogen) atoms. The molecule has 3 fully saturated rings. The van der Waals surface area contributed by atoms with E-state index in [0.717, 1.165) is 68.9 Å². The number of rotatable bonds is 9. The molecule has 16 nitrogen and oxygen atoms in total. The van der Waals surface area contributed by atoms with Crippen molar-refractivity contribution in [2.45, 2.75) is 91.1 Å². The molecule has 5 aliphatic rings. The van der Waals surface area contributed by atoms with Crippen LogP contribution in [0.2, 0.25) is 0 Å². The third kappa shape index (κ3) is 7.99. The highest BCUT2D eigenvalue weighted by molar-refractivity contribution is 6.07. The van der Waals surface area contributed by atoms with E-state index in [2.05, 4.69) is 79.7 Å². The van der Waals surface area contributed by atoms with Gasteiger partial charge in [0.2, 0.25) is 5.91 Å². The van der Waals surface area contributed by atoms with Gasteiger partial charge in [-0.1, -0.05) is 13.8 Å². The van der Waals surface area contributed by atoms with Gasteiger partial charge in [0.25, 0.3) is 11.5 Å². The summed E-state index contributed by atoms with van der Waals surface area (Å²) in [6.45, 7) is 10.5. The quantitative estimate of drug-likeness (QED) is 0.167. The number of anilines is 6. The molecule has 1 aliphatic carbocycles. The Morgan fingerprint density at radius 2 is 1.65 bits per heavy atom. The Bertz CT molecular complexity index is 2880. The molecule has 344 valence electrons. The van der Waals surface area contributed by atoms with E-state index in [9.17, 15) is 24.3 Å².